The van der Waals surface area contributed by atoms with Crippen molar-refractivity contribution < 1.29 is 74.4 Å². The molecular weight excluding hydrogens is 660 g/mol. The summed E-state index contributed by atoms with van der Waals surface area (Å²) in [5.41, 5.74) is -2.84. The van der Waals surface area contributed by atoms with Gasteiger partial charge in [0.1, 0.15) is 49.3 Å². The Labute approximate surface area is 290 Å². The van der Waals surface area contributed by atoms with E-state index in [-0.39, 0.29) is 43.4 Å². The fourth-order valence-corrected chi connectivity index (χ4v) is 11.4. The van der Waals surface area contributed by atoms with E-state index in [1.54, 1.807) is 13.0 Å². The fourth-order valence-electron chi connectivity index (χ4n) is 11.4. The largest absolute Gasteiger partial charge is 0.458 e. The summed E-state index contributed by atoms with van der Waals surface area (Å²) in [4.78, 5) is 11.9. The quantitative estimate of drug-likeness (QED) is 0.106. The molecule has 0 spiro atoms. The lowest BCUT2D eigenvalue weighted by Crippen LogP contribution is -2.69. The van der Waals surface area contributed by atoms with Crippen LogP contribution in [0.25, 0.3) is 0 Å². The molecule has 15 heteroatoms. The van der Waals surface area contributed by atoms with E-state index in [0.29, 0.717) is 44.9 Å². The first-order valence-corrected chi connectivity index (χ1v) is 18.2. The van der Waals surface area contributed by atoms with E-state index in [1.807, 2.05) is 0 Å². The van der Waals surface area contributed by atoms with Crippen molar-refractivity contribution in [2.45, 2.75) is 150 Å². The van der Waals surface area contributed by atoms with Gasteiger partial charge in [0.25, 0.3) is 0 Å². The third kappa shape index (κ3) is 5.45. The number of hydrogen-bond acceptors (Lipinski definition) is 15. The number of fused-ring (bicyclic) bond motifs is 5. The number of aliphatic hydroxyl groups is 9. The Bertz CT molecular complexity index is 1310. The predicted octanol–water partition coefficient (Wildman–Crippen LogP) is -1.63. The van der Waals surface area contributed by atoms with Gasteiger partial charge in [0.2, 0.25) is 0 Å². The van der Waals surface area contributed by atoms with Gasteiger partial charge < -0.3 is 69.6 Å². The summed E-state index contributed by atoms with van der Waals surface area (Å²) in [5.74, 6) is -0.658. The van der Waals surface area contributed by atoms with Crippen LogP contribution in [0.4, 0.5) is 0 Å². The summed E-state index contributed by atoms with van der Waals surface area (Å²) in [7, 11) is 0. The molecule has 18 unspecified atom stereocenters. The number of esters is 1. The predicted molar refractivity (Wildman–Crippen MR) is 168 cm³/mol. The van der Waals surface area contributed by atoms with Crippen molar-refractivity contribution in [3.63, 3.8) is 0 Å². The van der Waals surface area contributed by atoms with Gasteiger partial charge in [-0.05, 0) is 81.6 Å². The molecule has 3 heterocycles. The molecule has 9 N–H and O–H groups in total. The van der Waals surface area contributed by atoms with Gasteiger partial charge in [0.15, 0.2) is 12.6 Å². The molecule has 0 aromatic heterocycles. The smallest absolute Gasteiger partial charge is 0.331 e. The first kappa shape index (κ1) is 37.0. The average molecular weight is 715 g/mol. The highest BCUT2D eigenvalue weighted by Crippen LogP contribution is 2.70. The first-order valence-electron chi connectivity index (χ1n) is 18.2. The highest BCUT2D eigenvalue weighted by molar-refractivity contribution is 5.85. The van der Waals surface area contributed by atoms with Gasteiger partial charge in [-0.3, -0.25) is 0 Å². The van der Waals surface area contributed by atoms with Crippen molar-refractivity contribution in [3.05, 3.63) is 11.6 Å². The number of hydrogen-bond donors (Lipinski definition) is 9. The van der Waals surface area contributed by atoms with E-state index in [0.717, 1.165) is 12.0 Å². The molecule has 4 saturated carbocycles. The molecule has 3 aliphatic heterocycles. The molecule has 284 valence electrons. The standard InChI is InChI=1S/C35H54O15/c1-16-24(39)27(42)29(50-30-28(43)26(41)25(40)22(13-36)49-30)31(47-16)48-18-3-8-33(15-37)20-4-7-32(2)19(17-11-23(38)46-14-17)6-10-35(32,45)21(20)5-9-34(33,44)12-18/h11,16,18-22,24-31,36-37,39-45H,3-10,12-15H2,1-2H3. The van der Waals surface area contributed by atoms with Crippen molar-refractivity contribution in [2.24, 2.45) is 28.6 Å². The molecule has 0 bridgehead atoms. The van der Waals surface area contributed by atoms with Crippen LogP contribution in [0.5, 0.6) is 0 Å². The zero-order chi connectivity index (χ0) is 36.0. The van der Waals surface area contributed by atoms with Crippen LogP contribution >= 0.6 is 0 Å². The van der Waals surface area contributed by atoms with E-state index in [2.05, 4.69) is 6.92 Å². The van der Waals surface area contributed by atoms with Crippen LogP contribution in [0, 0.1) is 28.6 Å². The molecule has 15 nitrogen and oxygen atoms in total. The summed E-state index contributed by atoms with van der Waals surface area (Å²) in [6.45, 7) is 2.95. The SMILES string of the molecule is CC1OC(OC2CCC3(CO)C4CCC5(C)C(C6=CC(=O)OC6)CCC5(O)C4CCC3(O)C2)C(OC2OC(CO)C(O)C(O)C2O)C(O)C1O. The van der Waals surface area contributed by atoms with Gasteiger partial charge in [-0.1, -0.05) is 6.92 Å². The molecule has 6 fully saturated rings. The second-order valence-electron chi connectivity index (χ2n) is 16.4. The maximum atomic E-state index is 12.5. The third-order valence-corrected chi connectivity index (χ3v) is 14.3. The van der Waals surface area contributed by atoms with Crippen molar-refractivity contribution in [1.29, 1.82) is 0 Å². The van der Waals surface area contributed by atoms with Crippen LogP contribution in [0.2, 0.25) is 0 Å². The van der Waals surface area contributed by atoms with Gasteiger partial charge in [0.05, 0.1) is 36.6 Å². The lowest BCUT2D eigenvalue weighted by atomic mass is 9.41. The third-order valence-electron chi connectivity index (χ3n) is 14.3. The van der Waals surface area contributed by atoms with Gasteiger partial charge in [-0.25, -0.2) is 4.79 Å². The normalized spacial score (nSPS) is 55.1. The highest BCUT2D eigenvalue weighted by atomic mass is 16.8. The van der Waals surface area contributed by atoms with Crippen LogP contribution in [-0.2, 0) is 28.5 Å². The number of carbonyl (C=O) groups is 1. The molecule has 0 aromatic carbocycles. The molecule has 7 aliphatic rings. The monoisotopic (exact) mass is 714 g/mol. The Balaban J connectivity index is 1.08. The first-order chi connectivity index (χ1) is 23.6. The molecule has 0 radical (unpaired) electrons. The minimum Gasteiger partial charge on any atom is -0.458 e. The Morgan fingerprint density at radius 3 is 2.24 bits per heavy atom. The molecule has 50 heavy (non-hydrogen) atoms. The molecule has 7 rings (SSSR count). The maximum Gasteiger partial charge on any atom is 0.331 e. The van der Waals surface area contributed by atoms with Gasteiger partial charge in [0, 0.05) is 23.3 Å². The van der Waals surface area contributed by atoms with Gasteiger partial charge >= 0.3 is 5.97 Å². The number of carbonyl (C=O) groups excluding carboxylic acids is 1. The molecule has 18 atom stereocenters. The van der Waals surface area contributed by atoms with Crippen molar-refractivity contribution in [2.75, 3.05) is 19.8 Å². The summed E-state index contributed by atoms with van der Waals surface area (Å²) < 4.78 is 28.9. The second-order valence-corrected chi connectivity index (χ2v) is 16.4. The van der Waals surface area contributed by atoms with Crippen molar-refractivity contribution in [1.82, 2.24) is 0 Å². The van der Waals surface area contributed by atoms with Gasteiger partial charge in [-0.15, -0.1) is 0 Å². The Hall–Kier alpha value is -1.31. The van der Waals surface area contributed by atoms with E-state index in [1.165, 1.54) is 0 Å². The van der Waals surface area contributed by atoms with Crippen LogP contribution in [0.15, 0.2) is 11.6 Å². The molecule has 2 saturated heterocycles. The van der Waals surface area contributed by atoms with Gasteiger partial charge in [-0.2, -0.15) is 0 Å². The second kappa shape index (κ2) is 13.2. The van der Waals surface area contributed by atoms with Crippen LogP contribution in [-0.4, -0.2) is 150 Å². The minimum atomic E-state index is -1.76. The molecular formula is C35H54O15. The van der Waals surface area contributed by atoms with Crippen LogP contribution < -0.4 is 0 Å². The van der Waals surface area contributed by atoms with Crippen molar-refractivity contribution >= 4 is 5.97 Å². The van der Waals surface area contributed by atoms with Crippen molar-refractivity contribution in [3.8, 4) is 0 Å². The summed E-state index contributed by atoms with van der Waals surface area (Å²) >= 11 is 0. The Morgan fingerprint density at radius 2 is 1.56 bits per heavy atom. The number of rotatable bonds is 7. The molecule has 0 amide bonds. The fraction of sp³-hybridized carbons (Fsp3) is 0.914. The van der Waals surface area contributed by atoms with E-state index >= 15 is 0 Å². The lowest BCUT2D eigenvalue weighted by molar-refractivity contribution is -0.373. The average Bonchev–Trinajstić information content (AvgIpc) is 3.64. The summed E-state index contributed by atoms with van der Waals surface area (Å²) in [6.07, 6.45) is -9.25. The van der Waals surface area contributed by atoms with E-state index in [9.17, 15) is 50.8 Å². The zero-order valence-corrected chi connectivity index (χ0v) is 28.6. The van der Waals surface area contributed by atoms with E-state index in [4.69, 9.17) is 23.7 Å². The number of aliphatic hydroxyl groups excluding tert-OH is 7. The Morgan fingerprint density at radius 1 is 0.820 bits per heavy atom. The van der Waals surface area contributed by atoms with E-state index < -0.39 is 96.2 Å². The number of cyclic esters (lactones) is 1. The minimum absolute atomic E-state index is 0.0137. The highest BCUT2D eigenvalue weighted by Gasteiger charge is 2.71. The lowest BCUT2D eigenvalue weighted by Gasteiger charge is -2.66. The zero-order valence-electron chi connectivity index (χ0n) is 28.6. The van der Waals surface area contributed by atoms with Crippen LogP contribution in [0.1, 0.15) is 71.6 Å². The summed E-state index contributed by atoms with van der Waals surface area (Å²) in [6, 6.07) is 0. The Kier molecular flexibility index (Phi) is 9.79. The van der Waals surface area contributed by atoms with Crippen LogP contribution in [0.3, 0.4) is 0 Å². The maximum absolute atomic E-state index is 12.5. The molecule has 0 aromatic rings. The topological polar surface area (TPSA) is 245 Å². The molecule has 4 aliphatic carbocycles. The summed E-state index contributed by atoms with van der Waals surface area (Å²) in [5, 5.41) is 98.5. The number of ether oxygens (including phenoxy) is 5.